The first-order valence-electron chi connectivity index (χ1n) is 11.3. The maximum Gasteiger partial charge on any atom is 0.411 e. The van der Waals surface area contributed by atoms with E-state index in [1.54, 1.807) is 24.3 Å². The summed E-state index contributed by atoms with van der Waals surface area (Å²) < 4.78 is 39.8. The van der Waals surface area contributed by atoms with Crippen LogP contribution < -0.4 is 0 Å². The van der Waals surface area contributed by atoms with E-state index in [-0.39, 0.29) is 6.61 Å². The number of hydrogen-bond donors (Lipinski definition) is 1. The lowest BCUT2D eigenvalue weighted by Crippen LogP contribution is -2.60. The van der Waals surface area contributed by atoms with Crippen molar-refractivity contribution >= 4 is 12.1 Å². The van der Waals surface area contributed by atoms with Crippen LogP contribution >= 0.6 is 0 Å². The van der Waals surface area contributed by atoms with E-state index in [0.29, 0.717) is 16.7 Å². The van der Waals surface area contributed by atoms with E-state index < -0.39 is 42.3 Å². The van der Waals surface area contributed by atoms with Gasteiger partial charge in [0.05, 0.1) is 6.61 Å². The number of amides is 1. The van der Waals surface area contributed by atoms with E-state index in [4.69, 9.17) is 4.74 Å². The Hall–Kier alpha value is -3.78. The number of hydrogen-bond acceptors (Lipinski definition) is 5. The summed E-state index contributed by atoms with van der Waals surface area (Å²) in [6, 6.07) is 22.3. The molecule has 1 aliphatic heterocycles. The number of aliphatic hydroxyl groups is 1. The highest BCUT2D eigenvalue weighted by molar-refractivity contribution is 5.87. The molecule has 1 aliphatic carbocycles. The van der Waals surface area contributed by atoms with Crippen molar-refractivity contribution in [1.82, 2.24) is 4.90 Å². The second-order valence-corrected chi connectivity index (χ2v) is 8.47. The van der Waals surface area contributed by atoms with E-state index >= 15 is 8.78 Å². The van der Waals surface area contributed by atoms with Crippen LogP contribution in [0.1, 0.15) is 23.6 Å². The molecule has 0 spiro atoms. The van der Waals surface area contributed by atoms with Gasteiger partial charge in [-0.15, -0.1) is 0 Å². The number of carbonyl (C=O) groups excluding carboxylic acids is 2. The normalized spacial score (nSPS) is 19.0. The fourth-order valence-electron chi connectivity index (χ4n) is 5.24. The molecule has 6 nitrogen and oxygen atoms in total. The highest BCUT2D eigenvalue weighted by Gasteiger charge is 2.62. The molecule has 1 fully saturated rings. The molecule has 8 heteroatoms. The Morgan fingerprint density at radius 2 is 1.60 bits per heavy atom. The molecule has 1 N–H and O–H groups in total. The molecule has 1 heterocycles. The number of aliphatic hydroxyl groups excluding tert-OH is 1. The number of cyclic esters (lactones) is 1. The summed E-state index contributed by atoms with van der Waals surface area (Å²) in [5.41, 5.74) is 2.28. The Balaban J connectivity index is 1.77. The second-order valence-electron chi connectivity index (χ2n) is 8.47. The summed E-state index contributed by atoms with van der Waals surface area (Å²) in [6.45, 7) is 0.596. The predicted molar refractivity (Wildman–Crippen MR) is 123 cm³/mol. The molecule has 35 heavy (non-hydrogen) atoms. The van der Waals surface area contributed by atoms with Gasteiger partial charge < -0.3 is 14.6 Å². The van der Waals surface area contributed by atoms with Gasteiger partial charge in [0.25, 0.3) is 0 Å². The number of carbonyl (C=O) groups is 2. The number of alkyl halides is 2. The standard InChI is InChI=1S/C27H23F2NO5/c1-2-34-24(32)27(28,29)23(31)22-16-35-25(33)30(22)26(17-10-4-3-5-11-17)20-14-8-6-12-18(20)19-13-7-9-15-21(19)26/h3-15,22-23,31H,2,16H2,1H3/t22-,23+/m0/s1. The highest BCUT2D eigenvalue weighted by Crippen LogP contribution is 2.56. The number of esters is 1. The molecular weight excluding hydrogens is 456 g/mol. The SMILES string of the molecule is CCOC(=O)C(F)(F)[C@H](O)[C@@H]1COC(=O)N1C1(c2ccccc2)c2ccccc2-c2ccccc21. The van der Waals surface area contributed by atoms with Crippen molar-refractivity contribution in [3.05, 3.63) is 95.6 Å². The topological polar surface area (TPSA) is 76.1 Å². The minimum Gasteiger partial charge on any atom is -0.461 e. The Morgan fingerprint density at radius 1 is 1.06 bits per heavy atom. The average Bonchev–Trinajstić information content (AvgIpc) is 3.40. The van der Waals surface area contributed by atoms with Crippen molar-refractivity contribution in [3.63, 3.8) is 0 Å². The zero-order valence-corrected chi connectivity index (χ0v) is 18.9. The number of rotatable bonds is 6. The quantitative estimate of drug-likeness (QED) is 0.533. The van der Waals surface area contributed by atoms with E-state index in [9.17, 15) is 14.7 Å². The van der Waals surface area contributed by atoms with Crippen molar-refractivity contribution in [2.75, 3.05) is 13.2 Å². The lowest BCUT2D eigenvalue weighted by Gasteiger charge is -2.44. The van der Waals surface area contributed by atoms with Gasteiger partial charge in [-0.2, -0.15) is 8.78 Å². The molecule has 3 aromatic carbocycles. The van der Waals surface area contributed by atoms with Crippen LogP contribution in [0.25, 0.3) is 11.1 Å². The molecule has 0 radical (unpaired) electrons. The molecule has 1 saturated heterocycles. The average molecular weight is 479 g/mol. The molecule has 0 aromatic heterocycles. The zero-order chi connectivity index (χ0) is 24.8. The van der Waals surface area contributed by atoms with Crippen LogP contribution in [0.15, 0.2) is 78.9 Å². The van der Waals surface area contributed by atoms with Crippen molar-refractivity contribution in [3.8, 4) is 11.1 Å². The zero-order valence-electron chi connectivity index (χ0n) is 18.9. The van der Waals surface area contributed by atoms with Gasteiger partial charge in [0.15, 0.2) is 6.10 Å². The maximum absolute atomic E-state index is 15.0. The molecule has 5 rings (SSSR count). The molecule has 2 atom stereocenters. The van der Waals surface area contributed by atoms with Crippen LogP contribution in [0.5, 0.6) is 0 Å². The minimum absolute atomic E-state index is 0.278. The molecule has 0 bridgehead atoms. The van der Waals surface area contributed by atoms with Gasteiger partial charge in [0.2, 0.25) is 0 Å². The number of ether oxygens (including phenoxy) is 2. The maximum atomic E-state index is 15.0. The molecule has 180 valence electrons. The highest BCUT2D eigenvalue weighted by atomic mass is 19.3. The van der Waals surface area contributed by atoms with Gasteiger partial charge in [-0.25, -0.2) is 9.59 Å². The van der Waals surface area contributed by atoms with E-state index in [1.807, 2.05) is 54.6 Å². The minimum atomic E-state index is -4.26. The van der Waals surface area contributed by atoms with Gasteiger partial charge in [-0.3, -0.25) is 4.90 Å². The Kier molecular flexibility index (Phi) is 5.56. The summed E-state index contributed by atoms with van der Waals surface area (Å²) in [7, 11) is 0. The van der Waals surface area contributed by atoms with Crippen LogP contribution in [-0.4, -0.2) is 53.4 Å². The first-order valence-corrected chi connectivity index (χ1v) is 11.3. The Labute approximate surface area is 200 Å². The monoisotopic (exact) mass is 479 g/mol. The van der Waals surface area contributed by atoms with Crippen molar-refractivity contribution in [1.29, 1.82) is 0 Å². The van der Waals surface area contributed by atoms with Crippen LogP contribution in [0.2, 0.25) is 0 Å². The van der Waals surface area contributed by atoms with E-state index in [2.05, 4.69) is 4.74 Å². The summed E-state index contributed by atoms with van der Waals surface area (Å²) in [6.07, 6.45) is -3.43. The summed E-state index contributed by atoms with van der Waals surface area (Å²) in [5.74, 6) is -6.12. The molecule has 2 aliphatic rings. The third-order valence-corrected chi connectivity index (χ3v) is 6.67. The number of benzene rings is 3. The fourth-order valence-corrected chi connectivity index (χ4v) is 5.24. The smallest absolute Gasteiger partial charge is 0.411 e. The van der Waals surface area contributed by atoms with Crippen molar-refractivity contribution in [2.24, 2.45) is 0 Å². The molecule has 3 aromatic rings. The Bertz CT molecular complexity index is 1230. The van der Waals surface area contributed by atoms with Crippen LogP contribution in [-0.2, 0) is 19.8 Å². The number of fused-ring (bicyclic) bond motifs is 3. The van der Waals surface area contributed by atoms with Crippen molar-refractivity contribution < 1.29 is 33.0 Å². The molecule has 1 amide bonds. The number of nitrogens with zero attached hydrogens (tertiary/aromatic N) is 1. The van der Waals surface area contributed by atoms with Gasteiger partial charge in [-0.05, 0) is 34.7 Å². The summed E-state index contributed by atoms with van der Waals surface area (Å²) in [4.78, 5) is 26.5. The van der Waals surface area contributed by atoms with Crippen LogP contribution in [0, 0.1) is 0 Å². The van der Waals surface area contributed by atoms with Crippen LogP contribution in [0.3, 0.4) is 0 Å². The van der Waals surface area contributed by atoms with E-state index in [0.717, 1.165) is 16.0 Å². The van der Waals surface area contributed by atoms with Crippen molar-refractivity contribution in [2.45, 2.75) is 30.5 Å². The lowest BCUT2D eigenvalue weighted by atomic mass is 9.78. The second kappa shape index (κ2) is 8.46. The lowest BCUT2D eigenvalue weighted by molar-refractivity contribution is -0.194. The van der Waals surface area contributed by atoms with Gasteiger partial charge in [0, 0.05) is 0 Å². The third-order valence-electron chi connectivity index (χ3n) is 6.67. The Morgan fingerprint density at radius 3 is 2.17 bits per heavy atom. The first kappa shape index (κ1) is 23.0. The largest absolute Gasteiger partial charge is 0.461 e. The van der Waals surface area contributed by atoms with Gasteiger partial charge >= 0.3 is 18.0 Å². The fraction of sp³-hybridized carbons (Fsp3) is 0.259. The molecule has 0 unspecified atom stereocenters. The molecule has 0 saturated carbocycles. The summed E-state index contributed by atoms with van der Waals surface area (Å²) in [5, 5.41) is 10.9. The number of halogens is 2. The van der Waals surface area contributed by atoms with Gasteiger partial charge in [0.1, 0.15) is 18.2 Å². The van der Waals surface area contributed by atoms with Crippen LogP contribution in [0.4, 0.5) is 13.6 Å². The first-order chi connectivity index (χ1) is 16.8. The molecular formula is C27H23F2NO5. The third kappa shape index (κ3) is 3.24. The van der Waals surface area contributed by atoms with E-state index in [1.165, 1.54) is 6.92 Å². The summed E-state index contributed by atoms with van der Waals surface area (Å²) >= 11 is 0. The van der Waals surface area contributed by atoms with Gasteiger partial charge in [-0.1, -0.05) is 78.9 Å². The predicted octanol–water partition coefficient (Wildman–Crippen LogP) is 4.34.